The van der Waals surface area contributed by atoms with Crippen LogP contribution in [0.15, 0.2) is 73.4 Å². The summed E-state index contributed by atoms with van der Waals surface area (Å²) in [6.07, 6.45) is 6.77. The number of hydrogen-bond acceptors (Lipinski definition) is 11. The van der Waals surface area contributed by atoms with E-state index >= 15 is 0 Å². The van der Waals surface area contributed by atoms with Gasteiger partial charge in [-0.2, -0.15) is 0 Å². The first kappa shape index (κ1) is 35.7. The van der Waals surface area contributed by atoms with Crippen LogP contribution in [0, 0.1) is 20.2 Å². The number of imidazole rings is 1. The highest BCUT2D eigenvalue weighted by Gasteiger charge is 2.45. The van der Waals surface area contributed by atoms with Crippen molar-refractivity contribution in [2.75, 3.05) is 31.2 Å². The van der Waals surface area contributed by atoms with Gasteiger partial charge in [0.05, 0.1) is 30.2 Å². The van der Waals surface area contributed by atoms with Gasteiger partial charge in [-0.25, -0.2) is 15.0 Å². The van der Waals surface area contributed by atoms with Crippen molar-refractivity contribution in [2.45, 2.75) is 32.3 Å². The van der Waals surface area contributed by atoms with Gasteiger partial charge in [0.2, 0.25) is 11.7 Å². The number of nitrogens with zero attached hydrogens (tertiary/aromatic N) is 7. The Kier molecular flexibility index (Phi) is 13.2. The third kappa shape index (κ3) is 10.4. The van der Waals surface area contributed by atoms with Crippen molar-refractivity contribution in [2.24, 2.45) is 0 Å². The van der Waals surface area contributed by atoms with Crippen molar-refractivity contribution in [1.29, 1.82) is 0 Å². The van der Waals surface area contributed by atoms with Gasteiger partial charge in [-0.1, -0.05) is 29.3 Å². The van der Waals surface area contributed by atoms with Crippen molar-refractivity contribution < 1.29 is 34.8 Å². The molecule has 2 aromatic carbocycles. The van der Waals surface area contributed by atoms with E-state index in [2.05, 4.69) is 28.7 Å². The second kappa shape index (κ2) is 17.1. The molecule has 0 saturated carbocycles. The lowest BCUT2D eigenvalue weighted by Gasteiger charge is -2.30. The van der Waals surface area contributed by atoms with Gasteiger partial charge in [-0.3, -0.25) is 0 Å². The second-order valence-corrected chi connectivity index (χ2v) is 10.2. The lowest BCUT2D eigenvalue weighted by Crippen LogP contribution is -2.34. The highest BCUT2D eigenvalue weighted by molar-refractivity contribution is 6.35. The first-order chi connectivity index (χ1) is 22.0. The Morgan fingerprint density at radius 1 is 1.07 bits per heavy atom. The molecule has 1 saturated heterocycles. The summed E-state index contributed by atoms with van der Waals surface area (Å²) in [7, 11) is 0. The Morgan fingerprint density at radius 2 is 1.74 bits per heavy atom. The number of rotatable bonds is 10. The lowest BCUT2D eigenvalue weighted by atomic mass is 10.1. The van der Waals surface area contributed by atoms with E-state index in [0.717, 1.165) is 36.0 Å². The van der Waals surface area contributed by atoms with Crippen LogP contribution in [0.5, 0.6) is 5.75 Å². The fraction of sp³-hybridized carbons (Fsp3) is 0.321. The first-order valence-electron chi connectivity index (χ1n) is 13.7. The molecule has 16 nitrogen and oxygen atoms in total. The van der Waals surface area contributed by atoms with Gasteiger partial charge in [0.25, 0.3) is 10.2 Å². The number of benzene rings is 2. The van der Waals surface area contributed by atoms with Crippen molar-refractivity contribution >= 4 is 29.2 Å². The smallest absolute Gasteiger partial charge is 0.291 e. The van der Waals surface area contributed by atoms with Gasteiger partial charge in [-0.05, 0) is 56.3 Å². The summed E-state index contributed by atoms with van der Waals surface area (Å²) < 4.78 is 20.7. The second-order valence-electron chi connectivity index (χ2n) is 9.39. The largest absolute Gasteiger partial charge is 0.491 e. The lowest BCUT2D eigenvalue weighted by molar-refractivity contribution is -0.742. The van der Waals surface area contributed by atoms with Crippen molar-refractivity contribution in [3.05, 3.63) is 109 Å². The van der Waals surface area contributed by atoms with Crippen molar-refractivity contribution in [3.63, 3.8) is 0 Å². The minimum Gasteiger partial charge on any atom is -0.491 e. The van der Waals surface area contributed by atoms with Crippen LogP contribution in [0.25, 0.3) is 11.3 Å². The molecule has 0 amide bonds. The van der Waals surface area contributed by atoms with E-state index in [9.17, 15) is 0 Å². The zero-order chi connectivity index (χ0) is 33.7. The SMILES string of the molecule is CCN(CC)c1nccc(-c2ccc(OCC3COC(Cn4ccnc4)(c4ccc(Cl)cc4Cl)O3)cc2)n1.O=[N+]([O-])O.O=[N+]([O-])O. The van der Waals surface area contributed by atoms with Crippen LogP contribution in [0.2, 0.25) is 10.0 Å². The number of hydrogen-bond donors (Lipinski definition) is 2. The Bertz CT molecular complexity index is 1540. The molecular formula is C28H31Cl2N7O9. The highest BCUT2D eigenvalue weighted by Crippen LogP contribution is 2.40. The third-order valence-electron chi connectivity index (χ3n) is 6.43. The van der Waals surface area contributed by atoms with Crippen LogP contribution in [0.3, 0.4) is 0 Å². The Morgan fingerprint density at radius 3 is 2.33 bits per heavy atom. The molecule has 46 heavy (non-hydrogen) atoms. The molecule has 18 heteroatoms. The number of ether oxygens (including phenoxy) is 3. The van der Waals surface area contributed by atoms with Crippen LogP contribution < -0.4 is 9.64 Å². The van der Waals surface area contributed by atoms with Crippen molar-refractivity contribution in [1.82, 2.24) is 19.5 Å². The average molecular weight is 681 g/mol. The average Bonchev–Trinajstić information content (AvgIpc) is 3.67. The Balaban J connectivity index is 0.000000647. The van der Waals surface area contributed by atoms with E-state index in [1.165, 1.54) is 0 Å². The molecular weight excluding hydrogens is 649 g/mol. The molecule has 246 valence electrons. The molecule has 5 rings (SSSR count). The summed E-state index contributed by atoms with van der Waals surface area (Å²) in [5.74, 6) is 0.369. The monoisotopic (exact) mass is 679 g/mol. The predicted molar refractivity (Wildman–Crippen MR) is 165 cm³/mol. The highest BCUT2D eigenvalue weighted by atomic mass is 35.5. The maximum absolute atomic E-state index is 8.36. The summed E-state index contributed by atoms with van der Waals surface area (Å²) in [5, 5.41) is 28.3. The molecule has 2 aromatic heterocycles. The van der Waals surface area contributed by atoms with Crippen LogP contribution >= 0.6 is 23.2 Å². The van der Waals surface area contributed by atoms with E-state index in [-0.39, 0.29) is 6.10 Å². The topological polar surface area (TPSA) is 201 Å². The van der Waals surface area contributed by atoms with Gasteiger partial charge in [0.15, 0.2) is 0 Å². The summed E-state index contributed by atoms with van der Waals surface area (Å²) in [5.41, 5.74) is 2.56. The fourth-order valence-corrected chi connectivity index (χ4v) is 5.01. The number of aromatic nitrogens is 4. The third-order valence-corrected chi connectivity index (χ3v) is 6.97. The van der Waals surface area contributed by atoms with E-state index in [0.29, 0.717) is 35.4 Å². The van der Waals surface area contributed by atoms with E-state index in [4.69, 9.17) is 73.0 Å². The molecule has 1 aliphatic heterocycles. The van der Waals surface area contributed by atoms with E-state index in [1.54, 1.807) is 30.9 Å². The van der Waals surface area contributed by atoms with Crippen LogP contribution in [0.1, 0.15) is 19.4 Å². The Hall–Kier alpha value is -4.77. The van der Waals surface area contributed by atoms with Gasteiger partial charge < -0.3 is 34.1 Å². The van der Waals surface area contributed by atoms with Crippen LogP contribution in [-0.4, -0.2) is 72.5 Å². The summed E-state index contributed by atoms with van der Waals surface area (Å²) in [6.45, 7) is 6.94. The standard InChI is InChI=1S/C28H29Cl2N5O3.2HNO3/c1-3-35(4-2)27-32-12-11-26(33-27)20-5-8-22(9-6-20)36-16-23-17-37-28(38-23,18-34-14-13-31-19-34)24-10-7-21(29)15-25(24)30;2*2-1(3)4/h5-15,19,23H,3-4,16-18H2,1-2H3;2*(H,2,3,4). The van der Waals surface area contributed by atoms with Crippen molar-refractivity contribution in [3.8, 4) is 17.0 Å². The van der Waals surface area contributed by atoms with E-state index in [1.807, 2.05) is 47.2 Å². The quantitative estimate of drug-likeness (QED) is 0.165. The zero-order valence-corrected chi connectivity index (χ0v) is 26.2. The molecule has 0 aliphatic carbocycles. The number of halogens is 2. The first-order valence-corrected chi connectivity index (χ1v) is 14.4. The molecule has 2 atom stereocenters. The van der Waals surface area contributed by atoms with Gasteiger partial charge in [-0.15, -0.1) is 20.2 Å². The molecule has 2 N–H and O–H groups in total. The molecule has 0 radical (unpaired) electrons. The normalized spacial score (nSPS) is 16.7. The number of anilines is 1. The summed E-state index contributed by atoms with van der Waals surface area (Å²) >= 11 is 12.7. The molecule has 0 bridgehead atoms. The minimum atomic E-state index is -1.50. The van der Waals surface area contributed by atoms with Crippen LogP contribution in [0.4, 0.5) is 5.95 Å². The summed E-state index contributed by atoms with van der Waals surface area (Å²) in [6, 6.07) is 15.1. The fourth-order valence-electron chi connectivity index (χ4n) is 4.45. The zero-order valence-electron chi connectivity index (χ0n) is 24.7. The molecule has 4 aromatic rings. The van der Waals surface area contributed by atoms with E-state index < -0.39 is 16.0 Å². The Labute approximate surface area is 272 Å². The molecule has 2 unspecified atom stereocenters. The maximum atomic E-state index is 8.36. The molecule has 0 spiro atoms. The summed E-state index contributed by atoms with van der Waals surface area (Å²) in [4.78, 5) is 32.1. The van der Waals surface area contributed by atoms with Crippen LogP contribution in [-0.2, 0) is 21.8 Å². The minimum absolute atomic E-state index is 0.302. The molecule has 1 fully saturated rings. The molecule has 1 aliphatic rings. The van der Waals surface area contributed by atoms with Gasteiger partial charge >= 0.3 is 0 Å². The maximum Gasteiger partial charge on any atom is 0.291 e. The van der Waals surface area contributed by atoms with Gasteiger partial charge in [0.1, 0.15) is 18.5 Å². The van der Waals surface area contributed by atoms with Gasteiger partial charge in [0, 0.05) is 47.8 Å². The molecule has 3 heterocycles. The predicted octanol–water partition coefficient (Wildman–Crippen LogP) is 5.15.